The summed E-state index contributed by atoms with van der Waals surface area (Å²) in [6, 6.07) is 2.93. The zero-order valence-electron chi connectivity index (χ0n) is 9.90. The lowest BCUT2D eigenvalue weighted by atomic mass is 9.94. The van der Waals surface area contributed by atoms with E-state index < -0.39 is 23.6 Å². The van der Waals surface area contributed by atoms with Gasteiger partial charge in [0.05, 0.1) is 5.56 Å². The molecule has 17 heavy (non-hydrogen) atoms. The van der Waals surface area contributed by atoms with E-state index in [0.717, 1.165) is 6.07 Å². The van der Waals surface area contributed by atoms with Crippen molar-refractivity contribution in [1.29, 1.82) is 0 Å². The van der Waals surface area contributed by atoms with Crippen LogP contribution in [0.4, 0.5) is 17.6 Å². The SMILES string of the molecule is CNC(c1cccc(C(F)(F)F)c1F)C(C)C. The van der Waals surface area contributed by atoms with Gasteiger partial charge in [-0.05, 0) is 19.0 Å². The monoisotopic (exact) mass is 249 g/mol. The second-order valence-corrected chi connectivity index (χ2v) is 4.22. The molecule has 96 valence electrons. The molecule has 0 radical (unpaired) electrons. The average molecular weight is 249 g/mol. The predicted octanol–water partition coefficient (Wildman–Crippen LogP) is 3.76. The summed E-state index contributed by atoms with van der Waals surface area (Å²) in [5.41, 5.74) is -1.16. The van der Waals surface area contributed by atoms with Gasteiger partial charge in [-0.2, -0.15) is 13.2 Å². The topological polar surface area (TPSA) is 12.0 Å². The van der Waals surface area contributed by atoms with Crippen LogP contribution in [-0.4, -0.2) is 7.05 Å². The molecule has 0 aliphatic rings. The number of alkyl halides is 3. The Balaban J connectivity index is 3.27. The van der Waals surface area contributed by atoms with E-state index >= 15 is 0 Å². The first kappa shape index (κ1) is 14.0. The highest BCUT2D eigenvalue weighted by molar-refractivity contribution is 5.30. The van der Waals surface area contributed by atoms with Gasteiger partial charge in [0.1, 0.15) is 5.82 Å². The second-order valence-electron chi connectivity index (χ2n) is 4.22. The third-order valence-corrected chi connectivity index (χ3v) is 2.65. The van der Waals surface area contributed by atoms with Crippen molar-refractivity contribution >= 4 is 0 Å². The number of benzene rings is 1. The van der Waals surface area contributed by atoms with Crippen molar-refractivity contribution in [1.82, 2.24) is 5.32 Å². The third-order valence-electron chi connectivity index (χ3n) is 2.65. The van der Waals surface area contributed by atoms with Crippen molar-refractivity contribution in [2.24, 2.45) is 5.92 Å². The number of halogens is 4. The highest BCUT2D eigenvalue weighted by Crippen LogP contribution is 2.35. The van der Waals surface area contributed by atoms with Crippen molar-refractivity contribution in [2.75, 3.05) is 7.05 Å². The molecule has 0 aromatic heterocycles. The maximum absolute atomic E-state index is 13.8. The average Bonchev–Trinajstić information content (AvgIpc) is 2.19. The molecule has 0 aliphatic carbocycles. The summed E-state index contributed by atoms with van der Waals surface area (Å²) >= 11 is 0. The van der Waals surface area contributed by atoms with Crippen LogP contribution in [0.25, 0.3) is 0 Å². The summed E-state index contributed by atoms with van der Waals surface area (Å²) in [6.07, 6.45) is -4.66. The van der Waals surface area contributed by atoms with Crippen molar-refractivity contribution < 1.29 is 17.6 Å². The fourth-order valence-corrected chi connectivity index (χ4v) is 1.86. The van der Waals surface area contributed by atoms with E-state index in [-0.39, 0.29) is 11.5 Å². The molecule has 0 fully saturated rings. The van der Waals surface area contributed by atoms with Crippen LogP contribution < -0.4 is 5.32 Å². The van der Waals surface area contributed by atoms with Gasteiger partial charge >= 0.3 is 6.18 Å². The van der Waals surface area contributed by atoms with Crippen LogP contribution >= 0.6 is 0 Å². The summed E-state index contributed by atoms with van der Waals surface area (Å²) in [6.45, 7) is 3.64. The van der Waals surface area contributed by atoms with E-state index in [9.17, 15) is 17.6 Å². The van der Waals surface area contributed by atoms with Crippen molar-refractivity contribution in [2.45, 2.75) is 26.1 Å². The molecule has 1 unspecified atom stereocenters. The third kappa shape index (κ3) is 2.97. The molecular formula is C12H15F4N. The number of hydrogen-bond acceptors (Lipinski definition) is 1. The molecule has 1 aromatic rings. The molecule has 1 aromatic carbocycles. The summed E-state index contributed by atoms with van der Waals surface area (Å²) in [5.74, 6) is -1.19. The zero-order valence-corrected chi connectivity index (χ0v) is 9.90. The largest absolute Gasteiger partial charge is 0.419 e. The fraction of sp³-hybridized carbons (Fsp3) is 0.500. The van der Waals surface area contributed by atoms with Gasteiger partial charge < -0.3 is 5.32 Å². The molecule has 1 atom stereocenters. The smallest absolute Gasteiger partial charge is 0.313 e. The van der Waals surface area contributed by atoms with Gasteiger partial charge in [-0.1, -0.05) is 26.0 Å². The van der Waals surface area contributed by atoms with Gasteiger partial charge in [0.15, 0.2) is 0 Å². The minimum Gasteiger partial charge on any atom is -0.313 e. The van der Waals surface area contributed by atoms with Gasteiger partial charge in [-0.15, -0.1) is 0 Å². The Morgan fingerprint density at radius 1 is 1.18 bits per heavy atom. The lowest BCUT2D eigenvalue weighted by Gasteiger charge is -2.22. The lowest BCUT2D eigenvalue weighted by molar-refractivity contribution is -0.140. The van der Waals surface area contributed by atoms with Crippen LogP contribution in [0.3, 0.4) is 0 Å². The molecule has 0 bridgehead atoms. The van der Waals surface area contributed by atoms with E-state index in [1.165, 1.54) is 12.1 Å². The van der Waals surface area contributed by atoms with Crippen molar-refractivity contribution in [3.63, 3.8) is 0 Å². The molecular weight excluding hydrogens is 234 g/mol. The van der Waals surface area contributed by atoms with E-state index in [4.69, 9.17) is 0 Å². The number of rotatable bonds is 3. The van der Waals surface area contributed by atoms with Crippen LogP contribution in [0.15, 0.2) is 18.2 Å². The van der Waals surface area contributed by atoms with Gasteiger partial charge in [-0.25, -0.2) is 4.39 Å². The molecule has 0 amide bonds. The Kier molecular flexibility index (Phi) is 4.14. The summed E-state index contributed by atoms with van der Waals surface area (Å²) < 4.78 is 51.4. The molecule has 1 nitrogen and oxygen atoms in total. The Bertz CT molecular complexity index is 385. The first-order chi connectivity index (χ1) is 7.79. The summed E-state index contributed by atoms with van der Waals surface area (Å²) in [7, 11) is 1.60. The highest BCUT2D eigenvalue weighted by Gasteiger charge is 2.35. The standard InChI is InChI=1S/C12H15F4N/c1-7(2)11(17-3)8-5-4-6-9(10(8)13)12(14,15)16/h4-7,11,17H,1-3H3. The van der Waals surface area contributed by atoms with Crippen LogP contribution in [0, 0.1) is 11.7 Å². The quantitative estimate of drug-likeness (QED) is 0.804. The molecule has 0 aliphatic heterocycles. The molecule has 1 rings (SSSR count). The molecule has 0 saturated heterocycles. The molecule has 0 saturated carbocycles. The molecule has 5 heteroatoms. The van der Waals surface area contributed by atoms with Gasteiger partial charge in [-0.3, -0.25) is 0 Å². The first-order valence-corrected chi connectivity index (χ1v) is 5.32. The Morgan fingerprint density at radius 3 is 2.18 bits per heavy atom. The van der Waals surface area contributed by atoms with Gasteiger partial charge in [0.25, 0.3) is 0 Å². The van der Waals surface area contributed by atoms with Crippen molar-refractivity contribution in [3.8, 4) is 0 Å². The zero-order chi connectivity index (χ0) is 13.2. The molecule has 1 N–H and O–H groups in total. The number of nitrogens with one attached hydrogen (secondary N) is 1. The molecule has 0 heterocycles. The Labute approximate surface area is 97.8 Å². The van der Waals surface area contributed by atoms with E-state index in [0.29, 0.717) is 0 Å². The second kappa shape index (κ2) is 5.04. The summed E-state index contributed by atoms with van der Waals surface area (Å²) in [4.78, 5) is 0. The predicted molar refractivity (Wildman–Crippen MR) is 58.0 cm³/mol. The van der Waals surface area contributed by atoms with Crippen LogP contribution in [0.5, 0.6) is 0 Å². The van der Waals surface area contributed by atoms with Crippen molar-refractivity contribution in [3.05, 3.63) is 35.1 Å². The van der Waals surface area contributed by atoms with Crippen LogP contribution in [0.1, 0.15) is 31.0 Å². The van der Waals surface area contributed by atoms with Gasteiger partial charge in [0.2, 0.25) is 0 Å². The van der Waals surface area contributed by atoms with Crippen LogP contribution in [0.2, 0.25) is 0 Å². The normalized spacial score (nSPS) is 14.1. The fourth-order valence-electron chi connectivity index (χ4n) is 1.86. The maximum Gasteiger partial charge on any atom is 0.419 e. The number of hydrogen-bond donors (Lipinski definition) is 1. The van der Waals surface area contributed by atoms with E-state index in [1.807, 2.05) is 13.8 Å². The lowest BCUT2D eigenvalue weighted by Crippen LogP contribution is -2.24. The highest BCUT2D eigenvalue weighted by atomic mass is 19.4. The Morgan fingerprint density at radius 2 is 1.76 bits per heavy atom. The summed E-state index contributed by atoms with van der Waals surface area (Å²) in [5, 5.41) is 2.83. The first-order valence-electron chi connectivity index (χ1n) is 5.32. The molecule has 0 spiro atoms. The van der Waals surface area contributed by atoms with Gasteiger partial charge in [0, 0.05) is 11.6 Å². The minimum absolute atomic E-state index is 0.00187. The minimum atomic E-state index is -4.66. The Hall–Kier alpha value is -1.10. The van der Waals surface area contributed by atoms with Crippen LogP contribution in [-0.2, 0) is 6.18 Å². The van der Waals surface area contributed by atoms with E-state index in [2.05, 4.69) is 5.32 Å². The maximum atomic E-state index is 13.8. The van der Waals surface area contributed by atoms with E-state index in [1.54, 1.807) is 7.05 Å².